The molecule has 0 saturated heterocycles. The normalized spacial score (nSPS) is 11.8. The minimum absolute atomic E-state index is 0.0116. The molecule has 0 bridgehead atoms. The van der Waals surface area contributed by atoms with Crippen molar-refractivity contribution in [3.8, 4) is 17.4 Å². The first-order valence-corrected chi connectivity index (χ1v) is 7.98. The maximum absolute atomic E-state index is 13.0. The van der Waals surface area contributed by atoms with E-state index in [2.05, 4.69) is 9.97 Å². The van der Waals surface area contributed by atoms with E-state index in [-0.39, 0.29) is 17.3 Å². The third kappa shape index (κ3) is 3.71. The number of fused-ring (bicyclic) bond motifs is 1. The number of rotatable bonds is 4. The van der Waals surface area contributed by atoms with Crippen LogP contribution in [0.3, 0.4) is 0 Å². The molecule has 0 radical (unpaired) electrons. The Kier molecular flexibility index (Phi) is 4.71. The van der Waals surface area contributed by atoms with Gasteiger partial charge in [0.25, 0.3) is 0 Å². The van der Waals surface area contributed by atoms with Gasteiger partial charge in [-0.2, -0.15) is 13.2 Å². The Bertz CT molecular complexity index is 922. The second kappa shape index (κ2) is 6.82. The van der Waals surface area contributed by atoms with Crippen molar-refractivity contribution in [1.82, 2.24) is 9.97 Å². The molecule has 4 nitrogen and oxygen atoms in total. The van der Waals surface area contributed by atoms with Crippen LogP contribution in [0.15, 0.2) is 42.5 Å². The van der Waals surface area contributed by atoms with Gasteiger partial charge in [0, 0.05) is 5.92 Å². The fourth-order valence-electron chi connectivity index (χ4n) is 2.43. The summed E-state index contributed by atoms with van der Waals surface area (Å²) >= 11 is 0. The lowest BCUT2D eigenvalue weighted by Crippen LogP contribution is -2.06. The van der Waals surface area contributed by atoms with Crippen LogP contribution in [0.2, 0.25) is 0 Å². The quantitative estimate of drug-likeness (QED) is 0.608. The van der Waals surface area contributed by atoms with Gasteiger partial charge in [0.1, 0.15) is 17.2 Å². The van der Waals surface area contributed by atoms with Crippen LogP contribution in [0.1, 0.15) is 31.0 Å². The highest BCUT2D eigenvalue weighted by Gasteiger charge is 2.31. The van der Waals surface area contributed by atoms with Crippen molar-refractivity contribution < 1.29 is 22.6 Å². The van der Waals surface area contributed by atoms with Crippen LogP contribution in [0, 0.1) is 0 Å². The van der Waals surface area contributed by atoms with E-state index in [0.717, 1.165) is 12.1 Å². The van der Waals surface area contributed by atoms with Crippen LogP contribution in [0.5, 0.6) is 17.4 Å². The molecule has 0 saturated carbocycles. The van der Waals surface area contributed by atoms with E-state index in [4.69, 9.17) is 9.47 Å². The zero-order valence-corrected chi connectivity index (χ0v) is 14.5. The van der Waals surface area contributed by atoms with Crippen molar-refractivity contribution in [3.63, 3.8) is 0 Å². The Hall–Kier alpha value is -2.83. The van der Waals surface area contributed by atoms with Crippen LogP contribution in [0.4, 0.5) is 13.2 Å². The summed E-state index contributed by atoms with van der Waals surface area (Å²) in [7, 11) is 1.56. The van der Waals surface area contributed by atoms with E-state index in [1.165, 1.54) is 6.07 Å². The Labute approximate surface area is 148 Å². The van der Waals surface area contributed by atoms with Crippen molar-refractivity contribution in [3.05, 3.63) is 53.7 Å². The molecular weight excluding hydrogens is 345 g/mol. The molecule has 1 heterocycles. The molecule has 0 aliphatic carbocycles. The minimum Gasteiger partial charge on any atom is -0.497 e. The smallest absolute Gasteiger partial charge is 0.416 e. The van der Waals surface area contributed by atoms with Crippen LogP contribution < -0.4 is 9.47 Å². The lowest BCUT2D eigenvalue weighted by atomic mass is 10.1. The van der Waals surface area contributed by atoms with E-state index in [1.54, 1.807) is 31.4 Å². The summed E-state index contributed by atoms with van der Waals surface area (Å²) in [4.78, 5) is 8.74. The second-order valence-corrected chi connectivity index (χ2v) is 6.05. The van der Waals surface area contributed by atoms with Gasteiger partial charge in [-0.3, -0.25) is 0 Å². The first kappa shape index (κ1) is 18.0. The monoisotopic (exact) mass is 362 g/mol. The van der Waals surface area contributed by atoms with Gasteiger partial charge in [-0.05, 0) is 42.5 Å². The maximum Gasteiger partial charge on any atom is 0.416 e. The molecular formula is C19H17F3N2O2. The molecule has 0 amide bonds. The van der Waals surface area contributed by atoms with Crippen molar-refractivity contribution in [2.75, 3.05) is 7.11 Å². The molecule has 0 atom stereocenters. The lowest BCUT2D eigenvalue weighted by molar-refractivity contribution is -0.137. The predicted octanol–water partition coefficient (Wildman–Crippen LogP) is 5.57. The third-order valence-electron chi connectivity index (χ3n) is 3.81. The summed E-state index contributed by atoms with van der Waals surface area (Å²) in [6.07, 6.45) is -4.44. The van der Waals surface area contributed by atoms with Crippen LogP contribution in [-0.4, -0.2) is 17.1 Å². The van der Waals surface area contributed by atoms with E-state index in [9.17, 15) is 13.2 Å². The molecule has 0 fully saturated rings. The van der Waals surface area contributed by atoms with Gasteiger partial charge in [-0.1, -0.05) is 13.8 Å². The molecule has 2 aromatic carbocycles. The molecule has 0 N–H and O–H groups in total. The third-order valence-corrected chi connectivity index (χ3v) is 3.81. The number of methoxy groups -OCH3 is 1. The molecule has 26 heavy (non-hydrogen) atoms. The molecule has 0 unspecified atom stereocenters. The standard InChI is InChI=1S/C19H17F3N2O2/c1-11(2)17-18(26-14-7-5-13(25-3)6-8-14)24-16-10-12(19(20,21)22)4-9-15(16)23-17/h4-11H,1-3H3. The summed E-state index contributed by atoms with van der Waals surface area (Å²) in [6, 6.07) is 10.1. The lowest BCUT2D eigenvalue weighted by Gasteiger charge is -2.14. The van der Waals surface area contributed by atoms with Gasteiger partial charge in [-0.25, -0.2) is 9.97 Å². The molecule has 136 valence electrons. The van der Waals surface area contributed by atoms with Crippen molar-refractivity contribution in [2.24, 2.45) is 0 Å². The molecule has 0 spiro atoms. The molecule has 0 aliphatic rings. The topological polar surface area (TPSA) is 44.2 Å². The van der Waals surface area contributed by atoms with Gasteiger partial charge in [0.05, 0.1) is 23.7 Å². The van der Waals surface area contributed by atoms with Crippen molar-refractivity contribution >= 4 is 11.0 Å². The Balaban J connectivity index is 2.06. The number of nitrogens with zero attached hydrogens (tertiary/aromatic N) is 2. The minimum atomic E-state index is -4.44. The van der Waals surface area contributed by atoms with Gasteiger partial charge in [0.2, 0.25) is 5.88 Å². The van der Waals surface area contributed by atoms with E-state index in [0.29, 0.717) is 22.7 Å². The Morgan fingerprint density at radius 3 is 2.12 bits per heavy atom. The summed E-state index contributed by atoms with van der Waals surface area (Å²) in [5.41, 5.74) is 0.330. The average Bonchev–Trinajstić information content (AvgIpc) is 2.60. The predicted molar refractivity (Wildman–Crippen MR) is 91.7 cm³/mol. The number of hydrogen-bond acceptors (Lipinski definition) is 4. The zero-order valence-electron chi connectivity index (χ0n) is 14.5. The van der Waals surface area contributed by atoms with E-state index in [1.807, 2.05) is 13.8 Å². The largest absolute Gasteiger partial charge is 0.497 e. The van der Waals surface area contributed by atoms with Crippen molar-refractivity contribution in [1.29, 1.82) is 0 Å². The fraction of sp³-hybridized carbons (Fsp3) is 0.263. The molecule has 3 aromatic rings. The summed E-state index contributed by atoms with van der Waals surface area (Å²) < 4.78 is 49.7. The highest BCUT2D eigenvalue weighted by molar-refractivity contribution is 5.76. The first-order chi connectivity index (χ1) is 12.3. The number of alkyl halides is 3. The summed E-state index contributed by atoms with van der Waals surface area (Å²) in [5.74, 6) is 1.34. The van der Waals surface area contributed by atoms with Gasteiger partial charge in [-0.15, -0.1) is 0 Å². The number of benzene rings is 2. The van der Waals surface area contributed by atoms with E-state index < -0.39 is 11.7 Å². The fourth-order valence-corrected chi connectivity index (χ4v) is 2.43. The van der Waals surface area contributed by atoms with E-state index >= 15 is 0 Å². The number of aromatic nitrogens is 2. The first-order valence-electron chi connectivity index (χ1n) is 7.98. The Morgan fingerprint density at radius 1 is 0.885 bits per heavy atom. The SMILES string of the molecule is COc1ccc(Oc2nc3cc(C(F)(F)F)ccc3nc2C(C)C)cc1. The summed E-state index contributed by atoms with van der Waals surface area (Å²) in [6.45, 7) is 3.83. The number of ether oxygens (including phenoxy) is 2. The van der Waals surface area contributed by atoms with Crippen LogP contribution in [0.25, 0.3) is 11.0 Å². The molecule has 0 aliphatic heterocycles. The second-order valence-electron chi connectivity index (χ2n) is 6.05. The maximum atomic E-state index is 13.0. The van der Waals surface area contributed by atoms with Gasteiger partial charge in [0.15, 0.2) is 0 Å². The molecule has 7 heteroatoms. The van der Waals surface area contributed by atoms with Crippen molar-refractivity contribution in [2.45, 2.75) is 25.9 Å². The van der Waals surface area contributed by atoms with Gasteiger partial charge < -0.3 is 9.47 Å². The summed E-state index contributed by atoms with van der Waals surface area (Å²) in [5, 5.41) is 0. The molecule has 3 rings (SSSR count). The number of halogens is 3. The van der Waals surface area contributed by atoms with Crippen LogP contribution >= 0.6 is 0 Å². The number of hydrogen-bond donors (Lipinski definition) is 0. The Morgan fingerprint density at radius 2 is 1.54 bits per heavy atom. The highest BCUT2D eigenvalue weighted by Crippen LogP contribution is 2.34. The van der Waals surface area contributed by atoms with Gasteiger partial charge >= 0.3 is 6.18 Å². The zero-order chi connectivity index (χ0) is 18.9. The highest BCUT2D eigenvalue weighted by atomic mass is 19.4. The molecule has 1 aromatic heterocycles. The average molecular weight is 362 g/mol. The van der Waals surface area contributed by atoms with Crippen LogP contribution in [-0.2, 0) is 6.18 Å².